The lowest BCUT2D eigenvalue weighted by atomic mass is 9.99. The summed E-state index contributed by atoms with van der Waals surface area (Å²) in [4.78, 5) is 22.2. The molecule has 0 aliphatic carbocycles. The van der Waals surface area contributed by atoms with Gasteiger partial charge in [0, 0.05) is 31.5 Å². The summed E-state index contributed by atoms with van der Waals surface area (Å²) in [7, 11) is 1.68. The van der Waals surface area contributed by atoms with Crippen molar-refractivity contribution in [3.8, 4) is 0 Å². The van der Waals surface area contributed by atoms with Gasteiger partial charge in [-0.2, -0.15) is 0 Å². The van der Waals surface area contributed by atoms with Crippen LogP contribution in [-0.4, -0.2) is 35.6 Å². The number of aromatic nitrogens is 2. The van der Waals surface area contributed by atoms with Crippen LogP contribution in [0.3, 0.4) is 0 Å². The number of methoxy groups -OCH3 is 1. The van der Waals surface area contributed by atoms with E-state index in [2.05, 4.69) is 9.97 Å². The third-order valence-corrected chi connectivity index (χ3v) is 3.72. The zero-order chi connectivity index (χ0) is 15.4. The van der Waals surface area contributed by atoms with E-state index in [9.17, 15) is 4.79 Å². The number of rotatable bonds is 3. The summed E-state index contributed by atoms with van der Waals surface area (Å²) in [5.74, 6) is -0.0761. The predicted molar refractivity (Wildman–Crippen MR) is 84.4 cm³/mol. The maximum Gasteiger partial charge on any atom is 0.251 e. The van der Waals surface area contributed by atoms with Gasteiger partial charge >= 0.3 is 0 Å². The molecule has 1 amide bonds. The number of benzene rings is 1. The summed E-state index contributed by atoms with van der Waals surface area (Å²) >= 11 is 0. The Balaban J connectivity index is 1.84. The Hall–Kier alpha value is -2.53. The average molecular weight is 295 g/mol. The molecule has 3 rings (SSSR count). The van der Waals surface area contributed by atoms with Gasteiger partial charge in [0.25, 0.3) is 5.91 Å². The summed E-state index contributed by atoms with van der Waals surface area (Å²) in [5, 5.41) is 0. The molecule has 112 valence electrons. The number of amides is 1. The summed E-state index contributed by atoms with van der Waals surface area (Å²) < 4.78 is 5.45. The molecular weight excluding hydrogens is 278 g/mol. The van der Waals surface area contributed by atoms with Gasteiger partial charge in [0.05, 0.1) is 18.3 Å². The van der Waals surface area contributed by atoms with Gasteiger partial charge in [-0.15, -0.1) is 0 Å². The van der Waals surface area contributed by atoms with Gasteiger partial charge in [-0.05, 0) is 23.8 Å². The fourth-order valence-corrected chi connectivity index (χ4v) is 2.57. The highest BCUT2D eigenvalue weighted by Gasteiger charge is 2.26. The standard InChI is InChI=1S/C17H17N3O2/c1-22-15-10-13-4-2-3-5-16(13)20(11-15)17(21)7-6-14-8-9-18-12-19-14/h2-9,12,15H,10-11H2,1H3/b7-6+. The molecular formula is C17H17N3O2. The van der Waals surface area contributed by atoms with Crippen molar-refractivity contribution in [3.05, 3.63) is 60.2 Å². The second kappa shape index (κ2) is 6.49. The first-order valence-corrected chi connectivity index (χ1v) is 7.14. The molecule has 2 heterocycles. The van der Waals surface area contributed by atoms with Crippen LogP contribution < -0.4 is 4.90 Å². The van der Waals surface area contributed by atoms with E-state index in [1.165, 1.54) is 12.4 Å². The van der Waals surface area contributed by atoms with Crippen LogP contribution in [0.2, 0.25) is 0 Å². The molecule has 1 aliphatic heterocycles. The lowest BCUT2D eigenvalue weighted by Gasteiger charge is -2.33. The number of fused-ring (bicyclic) bond motifs is 1. The van der Waals surface area contributed by atoms with Gasteiger partial charge in [-0.25, -0.2) is 9.97 Å². The van der Waals surface area contributed by atoms with E-state index in [4.69, 9.17) is 4.74 Å². The van der Waals surface area contributed by atoms with Crippen LogP contribution in [0.5, 0.6) is 0 Å². The van der Waals surface area contributed by atoms with Gasteiger partial charge in [-0.1, -0.05) is 18.2 Å². The number of para-hydroxylation sites is 1. The molecule has 0 radical (unpaired) electrons. The molecule has 0 N–H and O–H groups in total. The molecule has 1 aliphatic rings. The normalized spacial score (nSPS) is 17.5. The predicted octanol–water partition coefficient (Wildman–Crippen LogP) is 2.09. The molecule has 0 spiro atoms. The smallest absolute Gasteiger partial charge is 0.251 e. The molecule has 1 atom stereocenters. The van der Waals surface area contributed by atoms with Gasteiger partial charge in [0.1, 0.15) is 6.33 Å². The minimum absolute atomic E-state index is 0.0197. The zero-order valence-corrected chi connectivity index (χ0v) is 12.3. The minimum Gasteiger partial charge on any atom is -0.379 e. The highest BCUT2D eigenvalue weighted by molar-refractivity contribution is 6.04. The molecule has 0 saturated heterocycles. The van der Waals surface area contributed by atoms with E-state index >= 15 is 0 Å². The molecule has 1 unspecified atom stereocenters. The Kier molecular flexibility index (Phi) is 4.25. The SMILES string of the molecule is COC1Cc2ccccc2N(C(=O)/C=C/c2ccncn2)C1. The third-order valence-electron chi connectivity index (χ3n) is 3.72. The van der Waals surface area contributed by atoms with Crippen molar-refractivity contribution < 1.29 is 9.53 Å². The minimum atomic E-state index is -0.0761. The number of hydrogen-bond donors (Lipinski definition) is 0. The van der Waals surface area contributed by atoms with Crippen molar-refractivity contribution in [2.45, 2.75) is 12.5 Å². The lowest BCUT2D eigenvalue weighted by molar-refractivity contribution is -0.114. The Labute approximate surface area is 129 Å². The van der Waals surface area contributed by atoms with Crippen molar-refractivity contribution in [2.24, 2.45) is 0 Å². The zero-order valence-electron chi connectivity index (χ0n) is 12.3. The highest BCUT2D eigenvalue weighted by Crippen LogP contribution is 2.28. The first-order valence-electron chi connectivity index (χ1n) is 7.14. The molecule has 2 aromatic rings. The van der Waals surface area contributed by atoms with Gasteiger partial charge in [0.2, 0.25) is 0 Å². The number of anilines is 1. The number of nitrogens with zero attached hydrogens (tertiary/aromatic N) is 3. The molecule has 0 fully saturated rings. The first-order chi connectivity index (χ1) is 10.8. The van der Waals surface area contributed by atoms with Crippen LogP contribution in [0.1, 0.15) is 11.3 Å². The number of ether oxygens (including phenoxy) is 1. The van der Waals surface area contributed by atoms with E-state index in [0.29, 0.717) is 12.2 Å². The van der Waals surface area contributed by atoms with Crippen molar-refractivity contribution in [3.63, 3.8) is 0 Å². The molecule has 5 heteroatoms. The van der Waals surface area contributed by atoms with Crippen molar-refractivity contribution >= 4 is 17.7 Å². The van der Waals surface area contributed by atoms with Crippen LogP contribution >= 0.6 is 0 Å². The molecule has 1 aromatic carbocycles. The second-order valence-corrected chi connectivity index (χ2v) is 5.11. The summed E-state index contributed by atoms with van der Waals surface area (Å²) in [6.45, 7) is 0.556. The average Bonchev–Trinajstić information content (AvgIpc) is 2.59. The Bertz CT molecular complexity index is 685. The second-order valence-electron chi connectivity index (χ2n) is 5.11. The van der Waals surface area contributed by atoms with Crippen molar-refractivity contribution in [1.82, 2.24) is 9.97 Å². The van der Waals surface area contributed by atoms with E-state index in [1.807, 2.05) is 24.3 Å². The van der Waals surface area contributed by atoms with Crippen molar-refractivity contribution in [2.75, 3.05) is 18.6 Å². The molecule has 0 bridgehead atoms. The quantitative estimate of drug-likeness (QED) is 0.814. The van der Waals surface area contributed by atoms with Crippen LogP contribution in [0.25, 0.3) is 6.08 Å². The highest BCUT2D eigenvalue weighted by atomic mass is 16.5. The number of hydrogen-bond acceptors (Lipinski definition) is 4. The first kappa shape index (κ1) is 14.4. The molecule has 1 aromatic heterocycles. The van der Waals surface area contributed by atoms with Gasteiger partial charge < -0.3 is 9.64 Å². The maximum absolute atomic E-state index is 12.5. The number of carbonyl (C=O) groups is 1. The summed E-state index contributed by atoms with van der Waals surface area (Å²) in [5.41, 5.74) is 2.79. The number of carbonyl (C=O) groups excluding carboxylic acids is 1. The van der Waals surface area contributed by atoms with Crippen LogP contribution in [0.15, 0.2) is 48.9 Å². The fourth-order valence-electron chi connectivity index (χ4n) is 2.57. The third kappa shape index (κ3) is 3.04. The monoisotopic (exact) mass is 295 g/mol. The van der Waals surface area contributed by atoms with Crippen LogP contribution in [0, 0.1) is 0 Å². The van der Waals surface area contributed by atoms with Crippen LogP contribution in [0.4, 0.5) is 5.69 Å². The summed E-state index contributed by atoms with van der Waals surface area (Å²) in [6, 6.07) is 9.69. The largest absolute Gasteiger partial charge is 0.379 e. The molecule has 5 nitrogen and oxygen atoms in total. The Morgan fingerprint density at radius 1 is 1.36 bits per heavy atom. The maximum atomic E-state index is 12.5. The molecule has 0 saturated carbocycles. The van der Waals surface area contributed by atoms with E-state index in [1.54, 1.807) is 30.3 Å². The Morgan fingerprint density at radius 3 is 3.00 bits per heavy atom. The molecule has 22 heavy (non-hydrogen) atoms. The van der Waals surface area contributed by atoms with Crippen molar-refractivity contribution in [1.29, 1.82) is 0 Å². The lowest BCUT2D eigenvalue weighted by Crippen LogP contribution is -2.42. The van der Waals surface area contributed by atoms with E-state index < -0.39 is 0 Å². The van der Waals surface area contributed by atoms with Gasteiger partial charge in [-0.3, -0.25) is 4.79 Å². The Morgan fingerprint density at radius 2 is 2.23 bits per heavy atom. The van der Waals surface area contributed by atoms with Crippen LogP contribution in [-0.2, 0) is 16.0 Å². The topological polar surface area (TPSA) is 55.3 Å². The van der Waals surface area contributed by atoms with Gasteiger partial charge in [0.15, 0.2) is 0 Å². The summed E-state index contributed by atoms with van der Waals surface area (Å²) in [6.07, 6.45) is 7.19. The van der Waals surface area contributed by atoms with E-state index in [-0.39, 0.29) is 12.0 Å². The van der Waals surface area contributed by atoms with E-state index in [0.717, 1.165) is 17.7 Å². The fraction of sp³-hybridized carbons (Fsp3) is 0.235.